The van der Waals surface area contributed by atoms with E-state index in [1.54, 1.807) is 45.0 Å². The Kier molecular flexibility index (Phi) is 9.22. The van der Waals surface area contributed by atoms with E-state index in [9.17, 15) is 21.6 Å². The molecule has 0 aliphatic heterocycles. The monoisotopic (exact) mass is 652 g/mol. The minimum Gasteiger partial charge on any atom is -0.434 e. The fourth-order valence-corrected chi connectivity index (χ4v) is 8.02. The summed E-state index contributed by atoms with van der Waals surface area (Å²) in [4.78, 5) is 15.8. The first-order valence-corrected chi connectivity index (χ1v) is 17.2. The second-order valence-corrected chi connectivity index (χ2v) is 15.2. The van der Waals surface area contributed by atoms with E-state index in [0.29, 0.717) is 9.27 Å². The number of hydrogen-bond donors (Lipinski definition) is 0. The SMILES string of the molecule is CC(C)(C)C(=O)O/C=C/c1ccc(N(S(=O)(=O)c2ccc(-c3ccccc3)cc2)S(=O)(=O)c2ccc(-c3ccccc3)cc2)nc1. The first-order chi connectivity index (χ1) is 21.9. The third kappa shape index (κ3) is 7.09. The molecule has 0 aliphatic carbocycles. The maximum Gasteiger partial charge on any atom is 0.316 e. The first kappa shape index (κ1) is 32.3. The number of benzene rings is 4. The molecule has 0 radical (unpaired) electrons. The average molecular weight is 653 g/mol. The normalized spacial score (nSPS) is 12.2. The van der Waals surface area contributed by atoms with Crippen LogP contribution < -0.4 is 3.71 Å². The van der Waals surface area contributed by atoms with Crippen LogP contribution in [0.1, 0.15) is 26.3 Å². The molecule has 0 saturated heterocycles. The predicted molar refractivity (Wildman–Crippen MR) is 179 cm³/mol. The third-order valence-corrected chi connectivity index (χ3v) is 11.1. The van der Waals surface area contributed by atoms with Gasteiger partial charge in [0.2, 0.25) is 0 Å². The fraction of sp³-hybridized carbons (Fsp3) is 0.111. The van der Waals surface area contributed by atoms with Crippen molar-refractivity contribution in [1.29, 1.82) is 0 Å². The molecule has 4 aromatic carbocycles. The lowest BCUT2D eigenvalue weighted by atomic mass is 9.98. The fourth-order valence-electron chi connectivity index (χ4n) is 4.42. The lowest BCUT2D eigenvalue weighted by molar-refractivity contribution is -0.146. The van der Waals surface area contributed by atoms with Crippen molar-refractivity contribution in [2.75, 3.05) is 3.71 Å². The highest BCUT2D eigenvalue weighted by Gasteiger charge is 2.38. The summed E-state index contributed by atoms with van der Waals surface area (Å²) >= 11 is 0. The zero-order valence-electron chi connectivity index (χ0n) is 25.4. The molecule has 0 aliphatic rings. The molecule has 1 heterocycles. The van der Waals surface area contributed by atoms with Crippen LogP contribution in [0.2, 0.25) is 0 Å². The second-order valence-electron chi connectivity index (χ2n) is 11.4. The van der Waals surface area contributed by atoms with E-state index in [2.05, 4.69) is 4.98 Å². The summed E-state index contributed by atoms with van der Waals surface area (Å²) in [7, 11) is -9.37. The van der Waals surface area contributed by atoms with Crippen LogP contribution in [0, 0.1) is 5.41 Å². The highest BCUT2D eigenvalue weighted by molar-refractivity contribution is 8.10. The van der Waals surface area contributed by atoms with Gasteiger partial charge < -0.3 is 4.74 Å². The number of pyridine rings is 1. The molecule has 0 amide bonds. The molecule has 0 N–H and O–H groups in total. The van der Waals surface area contributed by atoms with Gasteiger partial charge in [0.1, 0.15) is 0 Å². The number of ether oxygens (including phenoxy) is 1. The number of esters is 1. The van der Waals surface area contributed by atoms with Crippen molar-refractivity contribution in [3.8, 4) is 22.3 Å². The van der Waals surface area contributed by atoms with Crippen LogP contribution in [0.5, 0.6) is 0 Å². The Balaban J connectivity index is 1.53. The van der Waals surface area contributed by atoms with Crippen LogP contribution in [0.25, 0.3) is 28.3 Å². The highest BCUT2D eigenvalue weighted by Crippen LogP contribution is 2.32. The Morgan fingerprint density at radius 3 is 1.46 bits per heavy atom. The zero-order chi connectivity index (χ0) is 33.0. The van der Waals surface area contributed by atoms with E-state index in [0.717, 1.165) is 22.3 Å². The van der Waals surface area contributed by atoms with Crippen molar-refractivity contribution < 1.29 is 26.4 Å². The van der Waals surface area contributed by atoms with Gasteiger partial charge in [-0.15, -0.1) is 3.71 Å². The topological polar surface area (TPSA) is 111 Å². The molecule has 0 unspecified atom stereocenters. The molecule has 10 heteroatoms. The Hall–Kier alpha value is -5.06. The molecular formula is C36H32N2O6S2. The van der Waals surface area contributed by atoms with Crippen LogP contribution in [0.4, 0.5) is 5.82 Å². The Morgan fingerprint density at radius 2 is 1.07 bits per heavy atom. The highest BCUT2D eigenvalue weighted by atomic mass is 32.3. The number of nitrogens with zero attached hydrogens (tertiary/aromatic N) is 2. The van der Waals surface area contributed by atoms with Gasteiger partial charge in [-0.2, -0.15) is 16.8 Å². The standard InChI is InChI=1S/C36H32N2O6S2/c1-36(2,3)35(39)44-25-24-27-14-23-34(37-26-27)38(45(40,41)32-19-15-30(16-20-32)28-10-6-4-7-11-28)46(42,43)33-21-17-31(18-22-33)29-12-8-5-9-13-29/h4-26H,1-3H3/b25-24+. The van der Waals surface area contributed by atoms with Gasteiger partial charge >= 0.3 is 5.97 Å². The van der Waals surface area contributed by atoms with Gasteiger partial charge in [0, 0.05) is 6.20 Å². The molecule has 0 saturated carbocycles. The summed E-state index contributed by atoms with van der Waals surface area (Å²) in [6.45, 7) is 5.16. The van der Waals surface area contributed by atoms with Crippen LogP contribution in [0.3, 0.4) is 0 Å². The summed E-state index contributed by atoms with van der Waals surface area (Å²) < 4.78 is 62.1. The average Bonchev–Trinajstić information content (AvgIpc) is 3.06. The van der Waals surface area contributed by atoms with E-state index in [1.165, 1.54) is 54.9 Å². The minimum atomic E-state index is -4.68. The van der Waals surface area contributed by atoms with E-state index < -0.39 is 31.4 Å². The summed E-state index contributed by atoms with van der Waals surface area (Å²) in [5, 5.41) is 0. The number of rotatable bonds is 9. The van der Waals surface area contributed by atoms with E-state index in [4.69, 9.17) is 4.74 Å². The smallest absolute Gasteiger partial charge is 0.316 e. The zero-order valence-corrected chi connectivity index (χ0v) is 27.1. The third-order valence-electron chi connectivity index (χ3n) is 6.96. The Labute approximate surface area is 269 Å². The molecule has 0 atom stereocenters. The van der Waals surface area contributed by atoms with Crippen molar-refractivity contribution in [2.45, 2.75) is 30.6 Å². The van der Waals surface area contributed by atoms with Crippen LogP contribution in [-0.4, -0.2) is 27.8 Å². The molecule has 5 aromatic rings. The first-order valence-electron chi connectivity index (χ1n) is 14.3. The van der Waals surface area contributed by atoms with Gasteiger partial charge in [-0.25, -0.2) is 4.98 Å². The summed E-state index contributed by atoms with van der Waals surface area (Å²) in [5.74, 6) is -0.767. The molecule has 5 rings (SSSR count). The van der Waals surface area contributed by atoms with Crippen LogP contribution in [0.15, 0.2) is 144 Å². The van der Waals surface area contributed by atoms with Gasteiger partial charge in [-0.3, -0.25) is 4.79 Å². The molecule has 1 aromatic heterocycles. The molecule has 8 nitrogen and oxygen atoms in total. The lowest BCUT2D eigenvalue weighted by Gasteiger charge is -2.23. The van der Waals surface area contributed by atoms with Gasteiger partial charge in [0.15, 0.2) is 5.82 Å². The molecule has 0 bridgehead atoms. The van der Waals surface area contributed by atoms with Crippen molar-refractivity contribution >= 4 is 37.9 Å². The second kappa shape index (κ2) is 13.1. The summed E-state index contributed by atoms with van der Waals surface area (Å²) in [5.41, 5.74) is 3.06. The van der Waals surface area contributed by atoms with Gasteiger partial charge in [-0.05, 0) is 91.1 Å². The number of hydrogen-bond acceptors (Lipinski definition) is 7. The Morgan fingerprint density at radius 1 is 0.630 bits per heavy atom. The van der Waals surface area contributed by atoms with Gasteiger partial charge in [0.05, 0.1) is 21.5 Å². The van der Waals surface area contributed by atoms with Crippen LogP contribution >= 0.6 is 0 Å². The molecule has 234 valence electrons. The van der Waals surface area contributed by atoms with Crippen molar-refractivity contribution in [3.05, 3.63) is 139 Å². The number of carbonyl (C=O) groups excluding carboxylic acids is 1. The largest absolute Gasteiger partial charge is 0.434 e. The summed E-state index contributed by atoms with van der Waals surface area (Å²) in [6.07, 6.45) is 3.97. The minimum absolute atomic E-state index is 0.225. The van der Waals surface area contributed by atoms with Gasteiger partial charge in [-0.1, -0.05) is 84.9 Å². The number of aromatic nitrogens is 1. The summed E-state index contributed by atoms with van der Waals surface area (Å²) in [6, 6.07) is 33.6. The Bertz CT molecular complexity index is 1940. The number of anilines is 1. The van der Waals surface area contributed by atoms with Gasteiger partial charge in [0.25, 0.3) is 20.0 Å². The van der Waals surface area contributed by atoms with Crippen molar-refractivity contribution in [3.63, 3.8) is 0 Å². The number of sulfonamides is 2. The molecule has 46 heavy (non-hydrogen) atoms. The van der Waals surface area contributed by atoms with Crippen molar-refractivity contribution in [2.24, 2.45) is 5.41 Å². The lowest BCUT2D eigenvalue weighted by Crippen LogP contribution is -2.37. The van der Waals surface area contributed by atoms with Crippen molar-refractivity contribution in [1.82, 2.24) is 4.98 Å². The maximum absolute atomic E-state index is 14.2. The molecular weight excluding hydrogens is 621 g/mol. The number of carbonyl (C=O) groups is 1. The molecule has 0 fully saturated rings. The van der Waals surface area contributed by atoms with E-state index in [1.807, 2.05) is 60.7 Å². The predicted octanol–water partition coefficient (Wildman–Crippen LogP) is 7.56. The quantitative estimate of drug-likeness (QED) is 0.119. The van der Waals surface area contributed by atoms with Crippen LogP contribution in [-0.2, 0) is 29.6 Å². The maximum atomic E-state index is 14.2. The van der Waals surface area contributed by atoms with E-state index >= 15 is 0 Å². The molecule has 0 spiro atoms. The van der Waals surface area contributed by atoms with E-state index in [-0.39, 0.29) is 15.6 Å².